The summed E-state index contributed by atoms with van der Waals surface area (Å²) in [6.07, 6.45) is 85.9. The van der Waals surface area contributed by atoms with Gasteiger partial charge in [-0.15, -0.1) is 0 Å². The molecule has 77 heavy (non-hydrogen) atoms. The van der Waals surface area contributed by atoms with Gasteiger partial charge in [0.15, 0.2) is 6.10 Å². The van der Waals surface area contributed by atoms with Gasteiger partial charge in [0.25, 0.3) is 0 Å². The average Bonchev–Trinajstić information content (AvgIpc) is 3.43. The second-order valence-electron chi connectivity index (χ2n) is 22.0. The Hall–Kier alpha value is -3.41. The fourth-order valence-corrected chi connectivity index (χ4v) is 9.40. The predicted molar refractivity (Wildman–Crippen MR) is 334 cm³/mol. The molecule has 0 saturated heterocycles. The van der Waals surface area contributed by atoms with Crippen LogP contribution in [0.2, 0.25) is 0 Å². The van der Waals surface area contributed by atoms with E-state index >= 15 is 0 Å². The molecule has 444 valence electrons. The molecule has 0 aliphatic rings. The van der Waals surface area contributed by atoms with Crippen molar-refractivity contribution < 1.29 is 28.6 Å². The molecule has 0 aromatic carbocycles. The number of hydrogen-bond acceptors (Lipinski definition) is 6. The Bertz CT molecular complexity index is 1470. The molecular formula is C71H124O6. The lowest BCUT2D eigenvalue weighted by molar-refractivity contribution is -0.167. The summed E-state index contributed by atoms with van der Waals surface area (Å²) < 4.78 is 16.9. The first-order valence-electron chi connectivity index (χ1n) is 33.1. The van der Waals surface area contributed by atoms with Crippen molar-refractivity contribution in [2.45, 2.75) is 335 Å². The third-order valence-electron chi connectivity index (χ3n) is 14.4. The van der Waals surface area contributed by atoms with Gasteiger partial charge in [0.2, 0.25) is 0 Å². The van der Waals surface area contributed by atoms with Crippen molar-refractivity contribution in [3.63, 3.8) is 0 Å². The summed E-state index contributed by atoms with van der Waals surface area (Å²) in [5.41, 5.74) is 0. The molecular weight excluding hydrogens is 949 g/mol. The molecule has 0 amide bonds. The molecule has 0 aliphatic heterocycles. The summed E-state index contributed by atoms with van der Waals surface area (Å²) in [5.74, 6) is -0.914. The number of rotatable bonds is 60. The van der Waals surface area contributed by atoms with E-state index in [1.807, 2.05) is 0 Å². The summed E-state index contributed by atoms with van der Waals surface area (Å²) in [6, 6.07) is 0. The first kappa shape index (κ1) is 73.6. The molecule has 0 aromatic rings. The monoisotopic (exact) mass is 1070 g/mol. The minimum atomic E-state index is -0.798. The predicted octanol–water partition coefficient (Wildman–Crippen LogP) is 22.7. The van der Waals surface area contributed by atoms with Gasteiger partial charge in [-0.05, 0) is 116 Å². The van der Waals surface area contributed by atoms with Crippen molar-refractivity contribution in [2.75, 3.05) is 13.2 Å². The number of ether oxygens (including phenoxy) is 3. The standard InChI is InChI=1S/C71H124O6/c1-4-7-10-13-16-19-22-25-28-31-33-34-35-36-38-40-43-46-49-52-55-58-61-64-70(73)76-67-68(66-75-69(72)63-60-57-54-51-48-45-42-39-30-27-24-21-18-15-12-9-6-3)77-71(74)65-62-59-56-53-50-47-44-41-37-32-29-26-23-20-17-14-11-8-5-2/h8,11,17,20,26-27,29-31,33,37,41,47,50,68H,4-7,9-10,12-16,18-19,21-25,28,32,34-36,38-40,42-46,48-49,51-67H2,1-3H3/b11-8-,20-17-,29-26-,30-27-,33-31-,41-37-,50-47-. The van der Waals surface area contributed by atoms with E-state index in [9.17, 15) is 14.4 Å². The van der Waals surface area contributed by atoms with Crippen LogP contribution in [0.15, 0.2) is 85.1 Å². The molecule has 0 fully saturated rings. The van der Waals surface area contributed by atoms with Crippen LogP contribution in [0.1, 0.15) is 329 Å². The van der Waals surface area contributed by atoms with E-state index in [-0.39, 0.29) is 37.5 Å². The summed E-state index contributed by atoms with van der Waals surface area (Å²) in [6.45, 7) is 6.53. The quantitative estimate of drug-likeness (QED) is 0.0261. The van der Waals surface area contributed by atoms with E-state index < -0.39 is 6.10 Å². The zero-order valence-electron chi connectivity index (χ0n) is 51.0. The first-order chi connectivity index (χ1) is 38.0. The maximum Gasteiger partial charge on any atom is 0.306 e. The zero-order valence-corrected chi connectivity index (χ0v) is 51.0. The van der Waals surface area contributed by atoms with Crippen molar-refractivity contribution in [3.8, 4) is 0 Å². The van der Waals surface area contributed by atoms with E-state index in [2.05, 4.69) is 106 Å². The third kappa shape index (κ3) is 63.3. The third-order valence-corrected chi connectivity index (χ3v) is 14.4. The van der Waals surface area contributed by atoms with Crippen LogP contribution < -0.4 is 0 Å². The van der Waals surface area contributed by atoms with Crippen molar-refractivity contribution in [2.24, 2.45) is 0 Å². The van der Waals surface area contributed by atoms with E-state index in [4.69, 9.17) is 14.2 Å². The van der Waals surface area contributed by atoms with Gasteiger partial charge < -0.3 is 14.2 Å². The molecule has 0 radical (unpaired) electrons. The van der Waals surface area contributed by atoms with Gasteiger partial charge in [-0.1, -0.05) is 279 Å². The lowest BCUT2D eigenvalue weighted by atomic mass is 10.0. The minimum absolute atomic E-state index is 0.0904. The molecule has 1 unspecified atom stereocenters. The van der Waals surface area contributed by atoms with Gasteiger partial charge in [-0.3, -0.25) is 14.4 Å². The van der Waals surface area contributed by atoms with Crippen LogP contribution in [-0.4, -0.2) is 37.2 Å². The van der Waals surface area contributed by atoms with Crippen molar-refractivity contribution in [3.05, 3.63) is 85.1 Å². The Balaban J connectivity index is 4.40. The number of unbranched alkanes of at least 4 members (excludes halogenated alkanes) is 35. The van der Waals surface area contributed by atoms with Crippen LogP contribution in [0, 0.1) is 0 Å². The molecule has 0 heterocycles. The number of carbonyl (C=O) groups is 3. The lowest BCUT2D eigenvalue weighted by Gasteiger charge is -2.18. The van der Waals surface area contributed by atoms with Gasteiger partial charge in [0, 0.05) is 19.3 Å². The van der Waals surface area contributed by atoms with Gasteiger partial charge in [0.05, 0.1) is 0 Å². The highest BCUT2D eigenvalue weighted by Crippen LogP contribution is 2.16. The fraction of sp³-hybridized carbons (Fsp3) is 0.761. The van der Waals surface area contributed by atoms with Crippen LogP contribution in [0.4, 0.5) is 0 Å². The lowest BCUT2D eigenvalue weighted by Crippen LogP contribution is -2.30. The first-order valence-corrected chi connectivity index (χ1v) is 33.1. The number of allylic oxidation sites excluding steroid dienone is 14. The fourth-order valence-electron chi connectivity index (χ4n) is 9.40. The highest BCUT2D eigenvalue weighted by atomic mass is 16.6. The van der Waals surface area contributed by atoms with E-state index in [1.165, 1.54) is 193 Å². The highest BCUT2D eigenvalue weighted by Gasteiger charge is 2.19. The van der Waals surface area contributed by atoms with Crippen molar-refractivity contribution in [1.29, 1.82) is 0 Å². The number of esters is 3. The molecule has 0 bridgehead atoms. The van der Waals surface area contributed by atoms with Gasteiger partial charge in [0.1, 0.15) is 13.2 Å². The van der Waals surface area contributed by atoms with Crippen LogP contribution in [0.25, 0.3) is 0 Å². The topological polar surface area (TPSA) is 78.9 Å². The van der Waals surface area contributed by atoms with Gasteiger partial charge >= 0.3 is 17.9 Å². The summed E-state index contributed by atoms with van der Waals surface area (Å²) >= 11 is 0. The largest absolute Gasteiger partial charge is 0.462 e. The van der Waals surface area contributed by atoms with Crippen LogP contribution in [0.5, 0.6) is 0 Å². The Labute approximate surface area is 477 Å². The number of hydrogen-bond donors (Lipinski definition) is 0. The Morgan fingerprint density at radius 3 is 0.818 bits per heavy atom. The maximum absolute atomic E-state index is 12.9. The summed E-state index contributed by atoms with van der Waals surface area (Å²) in [5, 5.41) is 0. The smallest absolute Gasteiger partial charge is 0.306 e. The molecule has 0 rings (SSSR count). The highest BCUT2D eigenvalue weighted by molar-refractivity contribution is 5.71. The van der Waals surface area contributed by atoms with Crippen LogP contribution in [-0.2, 0) is 28.6 Å². The van der Waals surface area contributed by atoms with Crippen LogP contribution in [0.3, 0.4) is 0 Å². The van der Waals surface area contributed by atoms with E-state index in [1.54, 1.807) is 0 Å². The van der Waals surface area contributed by atoms with Gasteiger partial charge in [-0.2, -0.15) is 0 Å². The molecule has 0 aliphatic carbocycles. The van der Waals surface area contributed by atoms with Crippen molar-refractivity contribution >= 4 is 17.9 Å². The van der Waals surface area contributed by atoms with Crippen LogP contribution >= 0.6 is 0 Å². The minimum Gasteiger partial charge on any atom is -0.462 e. The van der Waals surface area contributed by atoms with Gasteiger partial charge in [-0.25, -0.2) is 0 Å². The summed E-state index contributed by atoms with van der Waals surface area (Å²) in [7, 11) is 0. The second-order valence-corrected chi connectivity index (χ2v) is 22.0. The Kier molecular flexibility index (Phi) is 62.2. The molecule has 0 spiro atoms. The normalized spacial score (nSPS) is 12.6. The zero-order chi connectivity index (χ0) is 55.7. The van der Waals surface area contributed by atoms with E-state index in [0.717, 1.165) is 96.3 Å². The Morgan fingerprint density at radius 1 is 0.273 bits per heavy atom. The van der Waals surface area contributed by atoms with E-state index in [0.29, 0.717) is 12.8 Å². The summed E-state index contributed by atoms with van der Waals surface area (Å²) in [4.78, 5) is 38.4. The number of carbonyl (C=O) groups excluding carboxylic acids is 3. The molecule has 0 N–H and O–H groups in total. The molecule has 6 nitrogen and oxygen atoms in total. The maximum atomic E-state index is 12.9. The second kappa shape index (κ2) is 65.1. The molecule has 0 aromatic heterocycles. The molecule has 1 atom stereocenters. The molecule has 6 heteroatoms. The molecule has 0 saturated carbocycles. The Morgan fingerprint density at radius 2 is 0.506 bits per heavy atom. The SMILES string of the molecule is CC/C=C\C/C=C\C/C=C\C/C=C\C/C=C\CCCCCC(=O)OC(COC(=O)CCCCCCCCC/C=C\CCCCCCCC)COC(=O)CCCCCCCCCCCCC/C=C\CCCCCCCCCC. The van der Waals surface area contributed by atoms with Crippen molar-refractivity contribution in [1.82, 2.24) is 0 Å². The average molecular weight is 1070 g/mol.